The summed E-state index contributed by atoms with van der Waals surface area (Å²) in [5.41, 5.74) is 17.9. The van der Waals surface area contributed by atoms with Gasteiger partial charge in [0.05, 0.1) is 0 Å². The first kappa shape index (κ1) is 33.5. The monoisotopic (exact) mass is 562 g/mol. The fourth-order valence-electron chi connectivity index (χ4n) is 0. The van der Waals surface area contributed by atoms with Crippen LogP contribution in [0.25, 0.3) is 0 Å². The molecular weight excluding hydrogens is 546 g/mol. The summed E-state index contributed by atoms with van der Waals surface area (Å²) in [7, 11) is -9.18. The van der Waals surface area contributed by atoms with Gasteiger partial charge in [-0.25, -0.2) is 19.6 Å². The van der Waals surface area contributed by atoms with E-state index in [4.69, 9.17) is 47.7 Å². The molecule has 16 N–H and O–H groups in total. The predicted molar refractivity (Wildman–Crippen MR) is 65.1 cm³/mol. The number of nitrogens with one attached hydrogen (secondary N) is 2. The zero-order chi connectivity index (χ0) is 20.3. The molecule has 0 fully saturated rings. The SMILES string of the molecule is N=C(N)N.N=C(N)N.O=P(O)(O)OO.O=P(O)(O)OO.[O]=[W]=[O]. The summed E-state index contributed by atoms with van der Waals surface area (Å²) < 4.78 is 40.7. The molecule has 21 heteroatoms. The van der Waals surface area contributed by atoms with E-state index in [0.717, 1.165) is 0 Å². The van der Waals surface area contributed by atoms with Crippen LogP contribution in [-0.4, -0.2) is 42.0 Å². The van der Waals surface area contributed by atoms with Crippen molar-refractivity contribution in [3.05, 3.63) is 0 Å². The molecular formula is C2H16N6O12P2W. The van der Waals surface area contributed by atoms with Crippen molar-refractivity contribution in [3.8, 4) is 0 Å². The Bertz CT molecular complexity index is 383. The molecule has 0 aliphatic rings. The van der Waals surface area contributed by atoms with Crippen LogP contribution in [0.15, 0.2) is 0 Å². The van der Waals surface area contributed by atoms with Gasteiger partial charge in [0.2, 0.25) is 0 Å². The van der Waals surface area contributed by atoms with E-state index < -0.39 is 34.1 Å². The number of phosphoric acid groups is 2. The molecule has 0 aromatic rings. The van der Waals surface area contributed by atoms with Crippen LogP contribution < -0.4 is 22.9 Å². The minimum absolute atomic E-state index is 0.333. The topological polar surface area (TPSA) is 360 Å². The van der Waals surface area contributed by atoms with Crippen LogP contribution in [0.5, 0.6) is 0 Å². The van der Waals surface area contributed by atoms with Gasteiger partial charge in [-0.2, -0.15) is 0 Å². The fourth-order valence-corrected chi connectivity index (χ4v) is 0. The molecule has 23 heavy (non-hydrogen) atoms. The number of nitrogens with two attached hydrogens (primary N) is 4. The number of hydrogen-bond acceptors (Lipinski definition) is 10. The van der Waals surface area contributed by atoms with Crippen LogP contribution in [-0.2, 0) is 43.8 Å². The van der Waals surface area contributed by atoms with Crippen LogP contribution in [0, 0.1) is 10.8 Å². The maximum absolute atomic E-state index is 9.22. The van der Waals surface area contributed by atoms with E-state index in [2.05, 4.69) is 32.3 Å². The molecule has 0 amide bonds. The van der Waals surface area contributed by atoms with Crippen molar-refractivity contribution in [1.82, 2.24) is 0 Å². The van der Waals surface area contributed by atoms with E-state index in [1.165, 1.54) is 0 Å². The molecule has 0 bridgehead atoms. The molecule has 0 aliphatic heterocycles. The normalized spacial score (nSPS) is 8.78. The Morgan fingerprint density at radius 1 is 0.783 bits per heavy atom. The predicted octanol–water partition coefficient (Wildman–Crippen LogP) is -3.43. The first-order chi connectivity index (χ1) is 10.00. The molecule has 0 unspecified atom stereocenters. The van der Waals surface area contributed by atoms with Crippen molar-refractivity contribution < 1.29 is 73.9 Å². The zero-order valence-electron chi connectivity index (χ0n) is 10.7. The quantitative estimate of drug-likeness (QED) is 0.0512. The minimum atomic E-state index is -4.59. The van der Waals surface area contributed by atoms with E-state index in [-0.39, 0.29) is 11.9 Å². The molecule has 0 saturated heterocycles. The van der Waals surface area contributed by atoms with Gasteiger partial charge in [-0.05, 0) is 0 Å². The van der Waals surface area contributed by atoms with Crippen LogP contribution in [0.2, 0.25) is 0 Å². The fraction of sp³-hybridized carbons (Fsp3) is 0. The van der Waals surface area contributed by atoms with Crippen LogP contribution in [0.3, 0.4) is 0 Å². The molecule has 0 aliphatic carbocycles. The van der Waals surface area contributed by atoms with Crippen molar-refractivity contribution in [2.24, 2.45) is 22.9 Å². The number of rotatable bonds is 2. The summed E-state index contributed by atoms with van der Waals surface area (Å²) in [6.45, 7) is 0. The molecule has 0 heterocycles. The van der Waals surface area contributed by atoms with Crippen molar-refractivity contribution in [2.45, 2.75) is 0 Å². The van der Waals surface area contributed by atoms with E-state index in [1.54, 1.807) is 0 Å². The first-order valence-corrected chi connectivity index (χ1v) is 9.34. The number of hydrogen-bond donors (Lipinski definition) is 12. The second kappa shape index (κ2) is 21.0. The molecule has 0 aromatic carbocycles. The molecule has 0 spiro atoms. The molecule has 0 saturated carbocycles. The van der Waals surface area contributed by atoms with Gasteiger partial charge < -0.3 is 42.5 Å². The van der Waals surface area contributed by atoms with Gasteiger partial charge in [0.15, 0.2) is 11.9 Å². The molecule has 142 valence electrons. The summed E-state index contributed by atoms with van der Waals surface area (Å²) in [5, 5.41) is 26.4. The third-order valence-corrected chi connectivity index (χ3v) is 0.638. The summed E-state index contributed by atoms with van der Waals surface area (Å²) in [5.74, 6) is -0.667. The van der Waals surface area contributed by atoms with Gasteiger partial charge >= 0.3 is 40.9 Å². The van der Waals surface area contributed by atoms with E-state index in [0.29, 0.717) is 0 Å². The van der Waals surface area contributed by atoms with E-state index in [9.17, 15) is 9.13 Å². The molecule has 0 rings (SSSR count). The summed E-state index contributed by atoms with van der Waals surface area (Å²) in [6, 6.07) is 0. The average Bonchev–Trinajstić information content (AvgIpc) is 2.27. The van der Waals surface area contributed by atoms with Gasteiger partial charge in [0.1, 0.15) is 0 Å². The van der Waals surface area contributed by atoms with Crippen LogP contribution in [0.1, 0.15) is 0 Å². The second-order valence-corrected chi connectivity index (χ2v) is 4.90. The van der Waals surface area contributed by atoms with Gasteiger partial charge in [-0.1, -0.05) is 0 Å². The van der Waals surface area contributed by atoms with Gasteiger partial charge in [0, 0.05) is 0 Å². The van der Waals surface area contributed by atoms with Crippen LogP contribution >= 0.6 is 15.6 Å². The zero-order valence-corrected chi connectivity index (χ0v) is 15.5. The van der Waals surface area contributed by atoms with E-state index >= 15 is 0 Å². The van der Waals surface area contributed by atoms with Gasteiger partial charge in [-0.3, -0.25) is 10.8 Å². The second-order valence-electron chi connectivity index (χ2n) is 2.12. The Morgan fingerprint density at radius 3 is 0.826 bits per heavy atom. The van der Waals surface area contributed by atoms with Crippen molar-refractivity contribution in [3.63, 3.8) is 0 Å². The first-order valence-electron chi connectivity index (χ1n) is 3.88. The Morgan fingerprint density at radius 2 is 0.826 bits per heavy atom. The average molecular weight is 562 g/mol. The van der Waals surface area contributed by atoms with Crippen LogP contribution in [0.4, 0.5) is 0 Å². The third-order valence-electron chi connectivity index (χ3n) is 0.213. The van der Waals surface area contributed by atoms with Gasteiger partial charge in [-0.15, -0.1) is 9.35 Å². The Labute approximate surface area is 135 Å². The Balaban J connectivity index is -0.0000000602. The standard InChI is InChI=1S/2CH5N3.2H3O5P.2O.W/c2*2-1(3)4;2*1-5-6(2,3)4;;;/h2*(H5,2,3,4);2*1H,(H2,2,3,4);;;. The van der Waals surface area contributed by atoms with E-state index in [1.807, 2.05) is 0 Å². The third kappa shape index (κ3) is 306. The van der Waals surface area contributed by atoms with Crippen molar-refractivity contribution >= 4 is 27.6 Å². The summed E-state index contributed by atoms with van der Waals surface area (Å²) in [6.07, 6.45) is 0. The van der Waals surface area contributed by atoms with Crippen molar-refractivity contribution in [2.75, 3.05) is 0 Å². The maximum atomic E-state index is 9.22. The van der Waals surface area contributed by atoms with Gasteiger partial charge in [0.25, 0.3) is 0 Å². The molecule has 0 aromatic heterocycles. The summed E-state index contributed by atoms with van der Waals surface area (Å²) >= 11 is -2.25. The summed E-state index contributed by atoms with van der Waals surface area (Å²) in [4.78, 5) is 29.9. The molecule has 0 radical (unpaired) electrons. The molecule has 18 nitrogen and oxygen atoms in total. The Hall–Kier alpha value is -1.03. The van der Waals surface area contributed by atoms with Crippen molar-refractivity contribution in [1.29, 1.82) is 10.8 Å². The Kier molecular flexibility index (Phi) is 30.6. The molecule has 0 atom stereocenters. The number of guanidine groups is 2.